The van der Waals surface area contributed by atoms with E-state index in [1.807, 2.05) is 0 Å². The van der Waals surface area contributed by atoms with Gasteiger partial charge in [-0.05, 0) is 30.0 Å². The SMILES string of the molecule is CCN1CCN(c2nc(-c3ccc(CC4CNCCS4)cc3)cc3ccccc23)CC1. The van der Waals surface area contributed by atoms with Crippen LogP contribution in [0.1, 0.15) is 12.5 Å². The quantitative estimate of drug-likeness (QED) is 0.650. The largest absolute Gasteiger partial charge is 0.354 e. The van der Waals surface area contributed by atoms with Crippen LogP contribution in [-0.4, -0.2) is 66.7 Å². The highest BCUT2D eigenvalue weighted by Gasteiger charge is 2.20. The summed E-state index contributed by atoms with van der Waals surface area (Å²) in [6.07, 6.45) is 1.13. The van der Waals surface area contributed by atoms with E-state index in [1.54, 1.807) is 0 Å². The van der Waals surface area contributed by atoms with E-state index in [2.05, 4.69) is 88.4 Å². The van der Waals surface area contributed by atoms with Crippen LogP contribution in [0, 0.1) is 0 Å². The number of anilines is 1. The van der Waals surface area contributed by atoms with Gasteiger partial charge in [-0.25, -0.2) is 4.98 Å². The minimum absolute atomic E-state index is 0.687. The number of fused-ring (bicyclic) bond motifs is 1. The molecule has 5 heteroatoms. The number of hydrogen-bond donors (Lipinski definition) is 1. The molecule has 162 valence electrons. The monoisotopic (exact) mass is 432 g/mol. The molecule has 0 bridgehead atoms. The number of pyridine rings is 1. The molecule has 3 heterocycles. The molecule has 4 nitrogen and oxygen atoms in total. The summed E-state index contributed by atoms with van der Waals surface area (Å²) >= 11 is 2.10. The van der Waals surface area contributed by atoms with Crippen molar-refractivity contribution < 1.29 is 0 Å². The minimum Gasteiger partial charge on any atom is -0.354 e. The fourth-order valence-electron chi connectivity index (χ4n) is 4.67. The molecular formula is C26H32N4S. The maximum Gasteiger partial charge on any atom is 0.137 e. The summed E-state index contributed by atoms with van der Waals surface area (Å²) in [4.78, 5) is 10.2. The Balaban J connectivity index is 1.42. The Morgan fingerprint density at radius 3 is 2.58 bits per heavy atom. The number of piperazine rings is 1. The fourth-order valence-corrected chi connectivity index (χ4v) is 5.81. The van der Waals surface area contributed by atoms with Crippen LogP contribution in [0.3, 0.4) is 0 Å². The van der Waals surface area contributed by atoms with Crippen LogP contribution in [0.5, 0.6) is 0 Å². The van der Waals surface area contributed by atoms with Gasteiger partial charge in [0.1, 0.15) is 5.82 Å². The zero-order chi connectivity index (χ0) is 21.0. The van der Waals surface area contributed by atoms with Gasteiger partial charge in [0.25, 0.3) is 0 Å². The number of nitrogens with zero attached hydrogens (tertiary/aromatic N) is 3. The van der Waals surface area contributed by atoms with Gasteiger partial charge >= 0.3 is 0 Å². The highest BCUT2D eigenvalue weighted by atomic mass is 32.2. The third kappa shape index (κ3) is 4.74. The van der Waals surface area contributed by atoms with Crippen molar-refractivity contribution >= 4 is 28.4 Å². The maximum absolute atomic E-state index is 5.18. The van der Waals surface area contributed by atoms with Crippen LogP contribution in [0.4, 0.5) is 5.82 Å². The molecule has 3 aromatic rings. The summed E-state index contributed by atoms with van der Waals surface area (Å²) in [5.41, 5.74) is 3.70. The molecule has 1 aromatic heterocycles. The summed E-state index contributed by atoms with van der Waals surface area (Å²) < 4.78 is 0. The van der Waals surface area contributed by atoms with Crippen molar-refractivity contribution in [2.45, 2.75) is 18.6 Å². The molecule has 1 unspecified atom stereocenters. The molecule has 0 saturated carbocycles. The van der Waals surface area contributed by atoms with Crippen molar-refractivity contribution in [1.82, 2.24) is 15.2 Å². The van der Waals surface area contributed by atoms with Crippen molar-refractivity contribution in [2.24, 2.45) is 0 Å². The first-order valence-electron chi connectivity index (χ1n) is 11.6. The smallest absolute Gasteiger partial charge is 0.137 e. The predicted octanol–water partition coefficient (Wildman–Crippen LogP) is 4.29. The number of thioether (sulfide) groups is 1. The molecule has 0 amide bonds. The third-order valence-corrected chi connectivity index (χ3v) is 7.80. The Hall–Kier alpha value is -2.08. The lowest BCUT2D eigenvalue weighted by atomic mass is 10.0. The number of likely N-dealkylation sites (N-methyl/N-ethyl adjacent to an activating group) is 1. The molecule has 5 rings (SSSR count). The molecule has 1 atom stereocenters. The van der Waals surface area contributed by atoms with Gasteiger partial charge in [0, 0.05) is 61.2 Å². The van der Waals surface area contributed by atoms with Crippen LogP contribution in [-0.2, 0) is 6.42 Å². The molecule has 2 fully saturated rings. The van der Waals surface area contributed by atoms with Gasteiger partial charge in [-0.15, -0.1) is 0 Å². The average Bonchev–Trinajstić information content (AvgIpc) is 2.84. The summed E-state index contributed by atoms with van der Waals surface area (Å²) in [7, 11) is 0. The van der Waals surface area contributed by atoms with Crippen molar-refractivity contribution in [3.63, 3.8) is 0 Å². The van der Waals surface area contributed by atoms with Crippen molar-refractivity contribution in [2.75, 3.05) is 56.5 Å². The predicted molar refractivity (Wildman–Crippen MR) is 134 cm³/mol. The summed E-state index contributed by atoms with van der Waals surface area (Å²) in [6.45, 7) is 9.94. The van der Waals surface area contributed by atoms with Gasteiger partial charge in [-0.1, -0.05) is 55.5 Å². The average molecular weight is 433 g/mol. The number of rotatable bonds is 5. The first kappa shape index (κ1) is 20.8. The molecule has 2 saturated heterocycles. The number of hydrogen-bond acceptors (Lipinski definition) is 5. The molecular weight excluding hydrogens is 400 g/mol. The van der Waals surface area contributed by atoms with Crippen LogP contribution in [0.25, 0.3) is 22.0 Å². The first-order valence-corrected chi connectivity index (χ1v) is 12.6. The molecule has 0 spiro atoms. The molecule has 31 heavy (non-hydrogen) atoms. The number of benzene rings is 2. The second kappa shape index (κ2) is 9.60. The van der Waals surface area contributed by atoms with Crippen LogP contribution >= 0.6 is 11.8 Å². The second-order valence-electron chi connectivity index (χ2n) is 8.57. The lowest BCUT2D eigenvalue weighted by Crippen LogP contribution is -2.46. The van der Waals surface area contributed by atoms with Gasteiger partial charge in [0.15, 0.2) is 0 Å². The Kier molecular flexibility index (Phi) is 6.44. The lowest BCUT2D eigenvalue weighted by Gasteiger charge is -2.35. The highest BCUT2D eigenvalue weighted by Crippen LogP contribution is 2.31. The summed E-state index contributed by atoms with van der Waals surface area (Å²) in [5.74, 6) is 2.36. The third-order valence-electron chi connectivity index (χ3n) is 6.56. The number of nitrogens with one attached hydrogen (secondary N) is 1. The van der Waals surface area contributed by atoms with Crippen LogP contribution < -0.4 is 10.2 Å². The van der Waals surface area contributed by atoms with Gasteiger partial charge < -0.3 is 15.1 Å². The number of aromatic nitrogens is 1. The van der Waals surface area contributed by atoms with Gasteiger partial charge in [-0.3, -0.25) is 0 Å². The van der Waals surface area contributed by atoms with Crippen molar-refractivity contribution in [3.8, 4) is 11.3 Å². The molecule has 2 aromatic carbocycles. The van der Waals surface area contributed by atoms with Crippen molar-refractivity contribution in [3.05, 3.63) is 60.2 Å². The Labute approximate surface area is 190 Å². The van der Waals surface area contributed by atoms with Gasteiger partial charge in [0.05, 0.1) is 5.69 Å². The molecule has 0 aliphatic carbocycles. The Morgan fingerprint density at radius 2 is 1.84 bits per heavy atom. The molecule has 1 N–H and O–H groups in total. The molecule has 2 aliphatic rings. The van der Waals surface area contributed by atoms with E-state index in [9.17, 15) is 0 Å². The Bertz CT molecular complexity index is 1010. The van der Waals surface area contributed by atoms with E-state index in [1.165, 1.54) is 27.7 Å². The summed E-state index contributed by atoms with van der Waals surface area (Å²) in [5, 5.41) is 6.73. The van der Waals surface area contributed by atoms with E-state index in [0.29, 0.717) is 5.25 Å². The van der Waals surface area contributed by atoms with E-state index >= 15 is 0 Å². The maximum atomic E-state index is 5.18. The standard InChI is InChI=1S/C26H32N4S/c1-2-29-12-14-30(15-13-29)26-24-6-4-3-5-22(24)18-25(28-26)21-9-7-20(8-10-21)17-23-19-27-11-16-31-23/h3-10,18,23,27H,2,11-17,19H2,1H3. The molecule has 2 aliphatic heterocycles. The highest BCUT2D eigenvalue weighted by molar-refractivity contribution is 8.00. The zero-order valence-corrected chi connectivity index (χ0v) is 19.2. The first-order chi connectivity index (χ1) is 15.3. The minimum atomic E-state index is 0.687. The van der Waals surface area contributed by atoms with E-state index in [0.717, 1.165) is 63.7 Å². The fraction of sp³-hybridized carbons (Fsp3) is 0.423. The van der Waals surface area contributed by atoms with E-state index in [4.69, 9.17) is 4.98 Å². The Morgan fingerprint density at radius 1 is 1.03 bits per heavy atom. The van der Waals surface area contributed by atoms with Gasteiger partial charge in [0.2, 0.25) is 0 Å². The zero-order valence-electron chi connectivity index (χ0n) is 18.4. The van der Waals surface area contributed by atoms with Crippen LogP contribution in [0.15, 0.2) is 54.6 Å². The van der Waals surface area contributed by atoms with Crippen LogP contribution in [0.2, 0.25) is 0 Å². The van der Waals surface area contributed by atoms with Gasteiger partial charge in [-0.2, -0.15) is 11.8 Å². The normalized spacial score (nSPS) is 20.3. The lowest BCUT2D eigenvalue weighted by molar-refractivity contribution is 0.271. The second-order valence-corrected chi connectivity index (χ2v) is 9.98. The molecule has 0 radical (unpaired) electrons. The van der Waals surface area contributed by atoms with E-state index < -0.39 is 0 Å². The van der Waals surface area contributed by atoms with E-state index in [-0.39, 0.29) is 0 Å². The topological polar surface area (TPSA) is 31.4 Å². The van der Waals surface area contributed by atoms with Crippen molar-refractivity contribution in [1.29, 1.82) is 0 Å². The summed E-state index contributed by atoms with van der Waals surface area (Å²) in [6, 6.07) is 20.0.